The molecule has 0 aromatic rings. The van der Waals surface area contributed by atoms with E-state index in [4.69, 9.17) is 13.3 Å². The average molecular weight is 218 g/mol. The predicted octanol–water partition coefficient (Wildman–Crippen LogP) is 2.15. The van der Waals surface area contributed by atoms with Gasteiger partial charge in [-0.3, -0.25) is 0 Å². The third-order valence-electron chi connectivity index (χ3n) is 1.66. The van der Waals surface area contributed by atoms with Crippen LogP contribution in [0.2, 0.25) is 0 Å². The van der Waals surface area contributed by atoms with Crippen LogP contribution in [0, 0.1) is 0 Å². The van der Waals surface area contributed by atoms with E-state index in [-0.39, 0.29) is 0 Å². The van der Waals surface area contributed by atoms with E-state index in [1.807, 2.05) is 19.9 Å². The second kappa shape index (κ2) is 10.9. The Morgan fingerprint density at radius 1 is 1.07 bits per heavy atom. The molecular formula is C10H22O3Si. The third kappa shape index (κ3) is 8.44. The summed E-state index contributed by atoms with van der Waals surface area (Å²) in [6.07, 6.45) is 5.16. The highest BCUT2D eigenvalue weighted by atomic mass is 28.3. The van der Waals surface area contributed by atoms with E-state index in [2.05, 4.69) is 6.58 Å². The smallest absolute Gasteiger partial charge is 0.376 e. The molecule has 0 aromatic carbocycles. The zero-order chi connectivity index (χ0) is 10.6. The van der Waals surface area contributed by atoms with Crippen molar-refractivity contribution < 1.29 is 13.3 Å². The average Bonchev–Trinajstić information content (AvgIpc) is 2.18. The maximum Gasteiger partial charge on any atom is 0.484 e. The van der Waals surface area contributed by atoms with Crippen LogP contribution in [-0.4, -0.2) is 29.3 Å². The lowest BCUT2D eigenvalue weighted by atomic mass is 10.2. The summed E-state index contributed by atoms with van der Waals surface area (Å²) in [4.78, 5) is 0. The van der Waals surface area contributed by atoms with Crippen molar-refractivity contribution in [2.75, 3.05) is 19.8 Å². The lowest BCUT2D eigenvalue weighted by Crippen LogP contribution is -2.27. The van der Waals surface area contributed by atoms with Crippen LogP contribution >= 0.6 is 0 Å². The van der Waals surface area contributed by atoms with Crippen molar-refractivity contribution in [3.63, 3.8) is 0 Å². The first-order chi connectivity index (χ1) is 6.85. The number of hydrogen-bond acceptors (Lipinski definition) is 3. The molecule has 0 N–H and O–H groups in total. The quantitative estimate of drug-likeness (QED) is 0.319. The molecule has 0 bridgehead atoms. The molecule has 84 valence electrons. The molecule has 0 amide bonds. The third-order valence-corrected chi connectivity index (χ3v) is 3.38. The van der Waals surface area contributed by atoms with Gasteiger partial charge in [0.2, 0.25) is 0 Å². The molecule has 0 atom stereocenters. The van der Waals surface area contributed by atoms with Gasteiger partial charge in [-0.2, -0.15) is 0 Å². The Labute approximate surface area is 89.0 Å². The van der Waals surface area contributed by atoms with Crippen molar-refractivity contribution in [2.45, 2.75) is 33.1 Å². The van der Waals surface area contributed by atoms with E-state index in [9.17, 15) is 0 Å². The van der Waals surface area contributed by atoms with Gasteiger partial charge in [-0.1, -0.05) is 6.08 Å². The molecule has 0 aromatic heterocycles. The monoisotopic (exact) mass is 218 g/mol. The van der Waals surface area contributed by atoms with Gasteiger partial charge in [-0.15, -0.1) is 6.58 Å². The minimum absolute atomic E-state index is 0.670. The van der Waals surface area contributed by atoms with Crippen LogP contribution in [-0.2, 0) is 13.3 Å². The van der Waals surface area contributed by atoms with Crippen LogP contribution in [0.25, 0.3) is 0 Å². The molecule has 3 nitrogen and oxygen atoms in total. The summed E-state index contributed by atoms with van der Waals surface area (Å²) in [5.41, 5.74) is 0. The van der Waals surface area contributed by atoms with Crippen LogP contribution < -0.4 is 0 Å². The van der Waals surface area contributed by atoms with Gasteiger partial charge in [0.25, 0.3) is 0 Å². The first kappa shape index (κ1) is 13.8. The second-order valence-corrected chi connectivity index (χ2v) is 4.43. The Bertz CT molecular complexity index is 125. The SMILES string of the molecule is C=CCCCCO[SiH](OCC)OCC. The van der Waals surface area contributed by atoms with Gasteiger partial charge in [0.15, 0.2) is 0 Å². The molecular weight excluding hydrogens is 196 g/mol. The fourth-order valence-electron chi connectivity index (χ4n) is 0.987. The molecule has 0 aliphatic carbocycles. The Hall–Kier alpha value is -0.163. The number of allylic oxidation sites excluding steroid dienone is 1. The second-order valence-electron chi connectivity index (χ2n) is 2.85. The van der Waals surface area contributed by atoms with Crippen molar-refractivity contribution >= 4 is 9.53 Å². The topological polar surface area (TPSA) is 27.7 Å². The van der Waals surface area contributed by atoms with Crippen molar-refractivity contribution in [3.8, 4) is 0 Å². The van der Waals surface area contributed by atoms with Crippen LogP contribution in [0.1, 0.15) is 33.1 Å². The first-order valence-electron chi connectivity index (χ1n) is 5.30. The maximum atomic E-state index is 5.53. The lowest BCUT2D eigenvalue weighted by Gasteiger charge is -2.14. The molecule has 0 spiro atoms. The van der Waals surface area contributed by atoms with E-state index in [0.29, 0.717) is 13.2 Å². The number of hydrogen-bond donors (Lipinski definition) is 0. The predicted molar refractivity (Wildman–Crippen MR) is 60.4 cm³/mol. The molecule has 0 saturated heterocycles. The molecule has 0 rings (SSSR count). The molecule has 0 aliphatic rings. The van der Waals surface area contributed by atoms with Gasteiger partial charge in [0.05, 0.1) is 0 Å². The van der Waals surface area contributed by atoms with Crippen LogP contribution in [0.5, 0.6) is 0 Å². The first-order valence-corrected chi connectivity index (χ1v) is 6.72. The number of unbranched alkanes of at least 4 members (excludes halogenated alkanes) is 2. The molecule has 4 heteroatoms. The van der Waals surface area contributed by atoms with Crippen molar-refractivity contribution in [3.05, 3.63) is 12.7 Å². The van der Waals surface area contributed by atoms with Gasteiger partial charge < -0.3 is 13.3 Å². The van der Waals surface area contributed by atoms with Crippen molar-refractivity contribution in [1.29, 1.82) is 0 Å². The van der Waals surface area contributed by atoms with Gasteiger partial charge in [-0.25, -0.2) is 0 Å². The van der Waals surface area contributed by atoms with Gasteiger partial charge in [0.1, 0.15) is 0 Å². The summed E-state index contributed by atoms with van der Waals surface area (Å²) in [6.45, 7) is 9.67. The summed E-state index contributed by atoms with van der Waals surface area (Å²) in [5, 5.41) is 0. The summed E-state index contributed by atoms with van der Waals surface area (Å²) in [6, 6.07) is 0. The molecule has 0 heterocycles. The van der Waals surface area contributed by atoms with E-state index >= 15 is 0 Å². The van der Waals surface area contributed by atoms with E-state index in [1.54, 1.807) is 0 Å². The summed E-state index contributed by atoms with van der Waals surface area (Å²) in [5.74, 6) is 0. The Balaban J connectivity index is 3.34. The van der Waals surface area contributed by atoms with Crippen molar-refractivity contribution in [1.82, 2.24) is 0 Å². The van der Waals surface area contributed by atoms with Crippen LogP contribution in [0.4, 0.5) is 0 Å². The van der Waals surface area contributed by atoms with E-state index in [0.717, 1.165) is 25.9 Å². The summed E-state index contributed by atoms with van der Waals surface area (Å²) >= 11 is 0. The fraction of sp³-hybridized carbons (Fsp3) is 0.800. The molecule has 0 aliphatic heterocycles. The van der Waals surface area contributed by atoms with E-state index < -0.39 is 9.53 Å². The van der Waals surface area contributed by atoms with Crippen LogP contribution in [0.15, 0.2) is 12.7 Å². The lowest BCUT2D eigenvalue weighted by molar-refractivity contribution is 0.101. The molecule has 14 heavy (non-hydrogen) atoms. The normalized spacial score (nSPS) is 10.8. The zero-order valence-electron chi connectivity index (χ0n) is 9.33. The van der Waals surface area contributed by atoms with Crippen LogP contribution in [0.3, 0.4) is 0 Å². The van der Waals surface area contributed by atoms with Crippen molar-refractivity contribution in [2.24, 2.45) is 0 Å². The summed E-state index contributed by atoms with van der Waals surface area (Å²) < 4.78 is 16.3. The Kier molecular flexibility index (Phi) is 10.8. The molecule has 0 radical (unpaired) electrons. The Morgan fingerprint density at radius 3 is 2.21 bits per heavy atom. The molecule has 0 saturated carbocycles. The highest BCUT2D eigenvalue weighted by Gasteiger charge is 2.12. The Morgan fingerprint density at radius 2 is 1.71 bits per heavy atom. The van der Waals surface area contributed by atoms with Gasteiger partial charge in [-0.05, 0) is 33.1 Å². The van der Waals surface area contributed by atoms with Gasteiger partial charge in [0, 0.05) is 19.8 Å². The minimum atomic E-state index is -1.81. The molecule has 0 fully saturated rings. The standard InChI is InChI=1S/C10H22O3Si/c1-4-7-8-9-10-13-14(11-5-2)12-6-3/h4,14H,1,5-10H2,2-3H3. The minimum Gasteiger partial charge on any atom is -0.376 e. The molecule has 0 unspecified atom stereocenters. The largest absolute Gasteiger partial charge is 0.484 e. The zero-order valence-corrected chi connectivity index (χ0v) is 10.5. The summed E-state index contributed by atoms with van der Waals surface area (Å²) in [7, 11) is -1.81. The highest BCUT2D eigenvalue weighted by molar-refractivity contribution is 6.36. The number of rotatable bonds is 10. The van der Waals surface area contributed by atoms with E-state index in [1.165, 1.54) is 0 Å². The highest BCUT2D eigenvalue weighted by Crippen LogP contribution is 1.99. The van der Waals surface area contributed by atoms with Gasteiger partial charge >= 0.3 is 9.53 Å². The maximum absolute atomic E-state index is 5.53. The fourth-order valence-corrected chi connectivity index (χ4v) is 2.18.